The molecule has 2 saturated heterocycles. The molecular weight excluding hydrogens is 270 g/mol. The Kier molecular flexibility index (Phi) is 5.58. The minimum atomic E-state index is -0.324. The van der Waals surface area contributed by atoms with Crippen LogP contribution in [0.25, 0.3) is 0 Å². The van der Waals surface area contributed by atoms with Gasteiger partial charge in [-0.15, -0.1) is 0 Å². The van der Waals surface area contributed by atoms with E-state index in [1.807, 2.05) is 4.90 Å². The first-order chi connectivity index (χ1) is 9.97. The van der Waals surface area contributed by atoms with Crippen molar-refractivity contribution in [3.05, 3.63) is 0 Å². The lowest BCUT2D eigenvalue weighted by Crippen LogP contribution is -2.53. The van der Waals surface area contributed by atoms with Crippen LogP contribution in [-0.4, -0.2) is 83.5 Å². The Labute approximate surface area is 126 Å². The van der Waals surface area contributed by atoms with Gasteiger partial charge in [0, 0.05) is 52.7 Å². The van der Waals surface area contributed by atoms with E-state index < -0.39 is 0 Å². The largest absolute Gasteiger partial charge is 0.392 e. The third-order valence-electron chi connectivity index (χ3n) is 4.42. The first-order valence-electron chi connectivity index (χ1n) is 7.92. The summed E-state index contributed by atoms with van der Waals surface area (Å²) in [7, 11) is 0. The molecule has 0 radical (unpaired) electrons. The van der Waals surface area contributed by atoms with Gasteiger partial charge in [-0.05, 0) is 19.8 Å². The van der Waals surface area contributed by atoms with Crippen LogP contribution in [0.15, 0.2) is 0 Å². The molecule has 0 bridgehead atoms. The first-order valence-corrected chi connectivity index (χ1v) is 7.92. The lowest BCUT2D eigenvalue weighted by molar-refractivity contribution is -0.141. The molecule has 21 heavy (non-hydrogen) atoms. The predicted octanol–water partition coefficient (Wildman–Crippen LogP) is -0.230. The number of piperidine rings is 1. The van der Waals surface area contributed by atoms with Gasteiger partial charge in [0.25, 0.3) is 0 Å². The van der Waals surface area contributed by atoms with Crippen LogP contribution in [0.4, 0.5) is 0 Å². The molecule has 2 atom stereocenters. The molecule has 2 amide bonds. The number of hydrogen-bond acceptors (Lipinski definition) is 4. The number of hydrogen-bond donors (Lipinski definition) is 1. The van der Waals surface area contributed by atoms with Crippen molar-refractivity contribution in [3.63, 3.8) is 0 Å². The summed E-state index contributed by atoms with van der Waals surface area (Å²) in [5.74, 6) is 0.220. The average molecular weight is 297 g/mol. The highest BCUT2D eigenvalue weighted by Crippen LogP contribution is 2.20. The maximum atomic E-state index is 12.6. The fourth-order valence-corrected chi connectivity index (χ4v) is 3.25. The molecule has 2 fully saturated rings. The zero-order chi connectivity index (χ0) is 15.4. The van der Waals surface area contributed by atoms with Gasteiger partial charge in [-0.1, -0.05) is 0 Å². The normalized spacial score (nSPS) is 25.8. The standard InChI is InChI=1S/C15H27N3O3/c1-12(19)10-16-6-8-17(9-7-16)15(21)14-4-3-5-18(11-14)13(2)20/h12,14,19H,3-11H2,1-2H3/t12-,14+/m0/s1. The zero-order valence-electron chi connectivity index (χ0n) is 13.1. The van der Waals surface area contributed by atoms with Gasteiger partial charge in [0.05, 0.1) is 12.0 Å². The Hall–Kier alpha value is -1.14. The third kappa shape index (κ3) is 4.41. The third-order valence-corrected chi connectivity index (χ3v) is 4.42. The second kappa shape index (κ2) is 7.22. The molecule has 2 aliphatic rings. The smallest absolute Gasteiger partial charge is 0.227 e. The summed E-state index contributed by atoms with van der Waals surface area (Å²) >= 11 is 0. The number of likely N-dealkylation sites (tertiary alicyclic amines) is 1. The van der Waals surface area contributed by atoms with E-state index in [1.54, 1.807) is 18.7 Å². The van der Waals surface area contributed by atoms with Crippen LogP contribution >= 0.6 is 0 Å². The van der Waals surface area contributed by atoms with E-state index in [1.165, 1.54) is 0 Å². The van der Waals surface area contributed by atoms with Crippen LogP contribution in [0.1, 0.15) is 26.7 Å². The fourth-order valence-electron chi connectivity index (χ4n) is 3.25. The number of piperazine rings is 1. The molecule has 0 aromatic heterocycles. The Morgan fingerprint density at radius 2 is 1.81 bits per heavy atom. The SMILES string of the molecule is CC(=O)N1CCC[C@@H](C(=O)N2CCN(C[C@H](C)O)CC2)C1. The number of carbonyl (C=O) groups excluding carboxylic acids is 2. The van der Waals surface area contributed by atoms with Gasteiger partial charge in [0.15, 0.2) is 0 Å². The van der Waals surface area contributed by atoms with E-state index >= 15 is 0 Å². The van der Waals surface area contributed by atoms with Crippen molar-refractivity contribution in [1.29, 1.82) is 0 Å². The van der Waals surface area contributed by atoms with E-state index in [-0.39, 0.29) is 23.8 Å². The Balaban J connectivity index is 1.82. The highest BCUT2D eigenvalue weighted by atomic mass is 16.3. The predicted molar refractivity (Wildman–Crippen MR) is 79.7 cm³/mol. The lowest BCUT2D eigenvalue weighted by atomic mass is 9.96. The molecule has 0 spiro atoms. The van der Waals surface area contributed by atoms with Crippen molar-refractivity contribution < 1.29 is 14.7 Å². The van der Waals surface area contributed by atoms with E-state index in [9.17, 15) is 14.7 Å². The Bertz CT molecular complexity index is 378. The van der Waals surface area contributed by atoms with Crippen LogP contribution in [-0.2, 0) is 9.59 Å². The van der Waals surface area contributed by atoms with E-state index in [2.05, 4.69) is 4.90 Å². The van der Waals surface area contributed by atoms with E-state index in [0.717, 1.165) is 45.6 Å². The number of aliphatic hydroxyl groups excluding tert-OH is 1. The molecule has 6 nitrogen and oxygen atoms in total. The molecule has 0 saturated carbocycles. The molecule has 2 heterocycles. The average Bonchev–Trinajstić information content (AvgIpc) is 2.47. The molecule has 6 heteroatoms. The zero-order valence-corrected chi connectivity index (χ0v) is 13.1. The number of amides is 2. The summed E-state index contributed by atoms with van der Waals surface area (Å²) in [5, 5.41) is 9.41. The van der Waals surface area contributed by atoms with Crippen LogP contribution in [0, 0.1) is 5.92 Å². The number of aliphatic hydroxyl groups is 1. The van der Waals surface area contributed by atoms with Gasteiger partial charge in [0.2, 0.25) is 11.8 Å². The minimum absolute atomic E-state index is 0.0361. The maximum absolute atomic E-state index is 12.6. The first kappa shape index (κ1) is 16.2. The highest BCUT2D eigenvalue weighted by Gasteiger charge is 2.31. The molecule has 2 aliphatic heterocycles. The lowest BCUT2D eigenvalue weighted by Gasteiger charge is -2.39. The van der Waals surface area contributed by atoms with Crippen LogP contribution in [0.2, 0.25) is 0 Å². The molecule has 1 N–H and O–H groups in total. The van der Waals surface area contributed by atoms with E-state index in [4.69, 9.17) is 0 Å². The second-order valence-corrected chi connectivity index (χ2v) is 6.28. The van der Waals surface area contributed by atoms with Crippen molar-refractivity contribution in [3.8, 4) is 0 Å². The van der Waals surface area contributed by atoms with Crippen molar-refractivity contribution in [2.45, 2.75) is 32.8 Å². The van der Waals surface area contributed by atoms with Crippen molar-refractivity contribution >= 4 is 11.8 Å². The van der Waals surface area contributed by atoms with Gasteiger partial charge >= 0.3 is 0 Å². The maximum Gasteiger partial charge on any atom is 0.227 e. The van der Waals surface area contributed by atoms with Crippen LogP contribution in [0.5, 0.6) is 0 Å². The number of carbonyl (C=O) groups is 2. The summed E-state index contributed by atoms with van der Waals surface area (Å²) in [6, 6.07) is 0. The molecule has 0 aromatic carbocycles. The minimum Gasteiger partial charge on any atom is -0.392 e. The summed E-state index contributed by atoms with van der Waals surface area (Å²) in [4.78, 5) is 29.9. The van der Waals surface area contributed by atoms with Crippen LogP contribution < -0.4 is 0 Å². The van der Waals surface area contributed by atoms with Gasteiger partial charge in [0.1, 0.15) is 0 Å². The molecule has 0 aliphatic carbocycles. The fraction of sp³-hybridized carbons (Fsp3) is 0.867. The summed E-state index contributed by atoms with van der Waals surface area (Å²) in [6.45, 7) is 8.47. The summed E-state index contributed by atoms with van der Waals surface area (Å²) in [6.07, 6.45) is 1.48. The van der Waals surface area contributed by atoms with E-state index in [0.29, 0.717) is 13.1 Å². The van der Waals surface area contributed by atoms with Crippen molar-refractivity contribution in [1.82, 2.24) is 14.7 Å². The van der Waals surface area contributed by atoms with Crippen molar-refractivity contribution in [2.24, 2.45) is 5.92 Å². The summed E-state index contributed by atoms with van der Waals surface area (Å²) in [5.41, 5.74) is 0. The van der Waals surface area contributed by atoms with Gasteiger partial charge in [-0.2, -0.15) is 0 Å². The van der Waals surface area contributed by atoms with Gasteiger partial charge < -0.3 is 14.9 Å². The molecular formula is C15H27N3O3. The monoisotopic (exact) mass is 297 g/mol. The molecule has 120 valence electrons. The number of rotatable bonds is 3. The molecule has 0 aromatic rings. The van der Waals surface area contributed by atoms with Gasteiger partial charge in [-0.25, -0.2) is 0 Å². The summed E-state index contributed by atoms with van der Waals surface area (Å²) < 4.78 is 0. The van der Waals surface area contributed by atoms with Crippen LogP contribution in [0.3, 0.4) is 0 Å². The second-order valence-electron chi connectivity index (χ2n) is 6.28. The van der Waals surface area contributed by atoms with Gasteiger partial charge in [-0.3, -0.25) is 14.5 Å². The Morgan fingerprint density at radius 1 is 1.14 bits per heavy atom. The molecule has 2 rings (SSSR count). The quantitative estimate of drug-likeness (QED) is 0.781. The highest BCUT2D eigenvalue weighted by molar-refractivity contribution is 5.81. The Morgan fingerprint density at radius 3 is 2.38 bits per heavy atom. The number of nitrogens with zero attached hydrogens (tertiary/aromatic N) is 3. The van der Waals surface area contributed by atoms with Crippen molar-refractivity contribution in [2.75, 3.05) is 45.8 Å². The number of β-amino-alcohol motifs (C(OH)–C–C–N with tert-alkyl or cyclic N) is 1. The molecule has 0 unspecified atom stereocenters. The topological polar surface area (TPSA) is 64.1 Å².